The van der Waals surface area contributed by atoms with Gasteiger partial charge < -0.3 is 11.1 Å². The first-order chi connectivity index (χ1) is 13.5. The smallest absolute Gasteiger partial charge is 0.276 e. The van der Waals surface area contributed by atoms with Gasteiger partial charge in [-0.3, -0.25) is 9.79 Å². The van der Waals surface area contributed by atoms with Crippen molar-refractivity contribution in [3.63, 3.8) is 0 Å². The standard InChI is InChI=1S/C19H19ClFN5OS/c20-16-7-6-15(25-26-16)17(27)23-12-4-5-14(21)13(9-12)19-8-2-1-3-11(19)10-28-18(22)24-19/h4-7,9,11H,1-3,8,10H2,(H2,22,24)(H,23,27)/t11-,19-/m0/s1. The van der Waals surface area contributed by atoms with E-state index in [-0.39, 0.29) is 22.6 Å². The molecule has 28 heavy (non-hydrogen) atoms. The highest BCUT2D eigenvalue weighted by Gasteiger charge is 2.46. The van der Waals surface area contributed by atoms with E-state index in [2.05, 4.69) is 15.5 Å². The van der Waals surface area contributed by atoms with Crippen molar-refractivity contribution in [1.82, 2.24) is 10.2 Å². The second-order valence-corrected chi connectivity index (χ2v) is 8.45. The first-order valence-corrected chi connectivity index (χ1v) is 10.4. The number of halogens is 2. The summed E-state index contributed by atoms with van der Waals surface area (Å²) in [7, 11) is 0. The SMILES string of the molecule is NC1=N[C@@]2(c3cc(NC(=O)c4ccc(Cl)nn4)ccc3F)CCCC[C@H]2CS1. The van der Waals surface area contributed by atoms with E-state index in [9.17, 15) is 9.18 Å². The summed E-state index contributed by atoms with van der Waals surface area (Å²) in [5, 5.41) is 10.9. The molecule has 2 atom stereocenters. The highest BCUT2D eigenvalue weighted by molar-refractivity contribution is 8.13. The number of fused-ring (bicyclic) bond motifs is 1. The van der Waals surface area contributed by atoms with Crippen LogP contribution in [0.15, 0.2) is 35.3 Å². The van der Waals surface area contributed by atoms with E-state index in [0.717, 1.165) is 31.4 Å². The van der Waals surface area contributed by atoms with Gasteiger partial charge in [0.1, 0.15) is 5.82 Å². The Labute approximate surface area is 171 Å². The number of hydrogen-bond acceptors (Lipinski definition) is 6. The van der Waals surface area contributed by atoms with E-state index in [1.165, 1.54) is 36.0 Å². The highest BCUT2D eigenvalue weighted by atomic mass is 35.5. The molecule has 6 nitrogen and oxygen atoms in total. The molecule has 0 unspecified atom stereocenters. The summed E-state index contributed by atoms with van der Waals surface area (Å²) in [6.45, 7) is 0. The summed E-state index contributed by atoms with van der Waals surface area (Å²) < 4.78 is 14.9. The zero-order valence-corrected chi connectivity index (χ0v) is 16.6. The summed E-state index contributed by atoms with van der Waals surface area (Å²) >= 11 is 7.23. The maximum absolute atomic E-state index is 14.9. The van der Waals surface area contributed by atoms with Crippen LogP contribution in [0.2, 0.25) is 5.15 Å². The largest absolute Gasteiger partial charge is 0.379 e. The van der Waals surface area contributed by atoms with Crippen LogP contribution in [0.1, 0.15) is 41.7 Å². The van der Waals surface area contributed by atoms with Crippen LogP contribution in [0.3, 0.4) is 0 Å². The minimum atomic E-state index is -0.668. The van der Waals surface area contributed by atoms with Crippen LogP contribution in [0.25, 0.3) is 0 Å². The third-order valence-corrected chi connectivity index (χ3v) is 6.49. The maximum Gasteiger partial charge on any atom is 0.276 e. The first kappa shape index (κ1) is 19.1. The van der Waals surface area contributed by atoms with Crippen molar-refractivity contribution in [3.8, 4) is 0 Å². The zero-order chi connectivity index (χ0) is 19.7. The van der Waals surface area contributed by atoms with Crippen LogP contribution in [0.5, 0.6) is 0 Å². The van der Waals surface area contributed by atoms with Gasteiger partial charge in [-0.05, 0) is 49.1 Å². The number of nitrogens with one attached hydrogen (secondary N) is 1. The number of aliphatic imine (C=N–C) groups is 1. The molecule has 1 fully saturated rings. The quantitative estimate of drug-likeness (QED) is 0.785. The minimum Gasteiger partial charge on any atom is -0.379 e. The lowest BCUT2D eigenvalue weighted by Gasteiger charge is -2.44. The lowest BCUT2D eigenvalue weighted by atomic mass is 9.69. The second-order valence-electron chi connectivity index (χ2n) is 7.02. The fraction of sp³-hybridized carbons (Fsp3) is 0.368. The molecule has 146 valence electrons. The van der Waals surface area contributed by atoms with Crippen LogP contribution in [-0.2, 0) is 5.54 Å². The number of aromatic nitrogens is 2. The van der Waals surface area contributed by atoms with Crippen molar-refractivity contribution >= 4 is 40.1 Å². The van der Waals surface area contributed by atoms with Gasteiger partial charge in [0, 0.05) is 17.0 Å². The van der Waals surface area contributed by atoms with Gasteiger partial charge in [-0.1, -0.05) is 36.2 Å². The lowest BCUT2D eigenvalue weighted by Crippen LogP contribution is -2.43. The number of hydrogen-bond donors (Lipinski definition) is 2. The number of nitrogens with zero attached hydrogens (tertiary/aromatic N) is 3. The highest BCUT2D eigenvalue weighted by Crippen LogP contribution is 2.50. The third-order valence-electron chi connectivity index (χ3n) is 5.33. The van der Waals surface area contributed by atoms with Crippen LogP contribution in [0.4, 0.5) is 10.1 Å². The average Bonchev–Trinajstić information content (AvgIpc) is 2.69. The number of thioether (sulfide) groups is 1. The Kier molecular flexibility index (Phi) is 5.25. The molecule has 2 aromatic rings. The normalized spacial score (nSPS) is 24.2. The Morgan fingerprint density at radius 3 is 2.93 bits per heavy atom. The molecule has 0 bridgehead atoms. The molecule has 1 saturated carbocycles. The van der Waals surface area contributed by atoms with Crippen molar-refractivity contribution in [2.45, 2.75) is 31.2 Å². The molecule has 0 radical (unpaired) electrons. The van der Waals surface area contributed by atoms with E-state index in [1.807, 2.05) is 0 Å². The monoisotopic (exact) mass is 419 g/mol. The van der Waals surface area contributed by atoms with Crippen LogP contribution in [-0.4, -0.2) is 27.0 Å². The number of carbonyl (C=O) groups excluding carboxylic acids is 1. The van der Waals surface area contributed by atoms with Gasteiger partial charge in [0.15, 0.2) is 16.0 Å². The molecule has 4 rings (SSSR count). The van der Waals surface area contributed by atoms with Gasteiger partial charge in [-0.25, -0.2) is 4.39 Å². The number of amides is 1. The summed E-state index contributed by atoms with van der Waals surface area (Å²) in [6.07, 6.45) is 3.81. The van der Waals surface area contributed by atoms with E-state index >= 15 is 0 Å². The Morgan fingerprint density at radius 2 is 2.14 bits per heavy atom. The Hall–Kier alpha value is -2.19. The fourth-order valence-corrected chi connectivity index (χ4v) is 5.14. The molecule has 1 aromatic carbocycles. The number of amidine groups is 1. The van der Waals surface area contributed by atoms with Gasteiger partial charge in [0.2, 0.25) is 0 Å². The van der Waals surface area contributed by atoms with E-state index in [4.69, 9.17) is 22.3 Å². The van der Waals surface area contributed by atoms with Gasteiger partial charge in [0.05, 0.1) is 5.54 Å². The molecular formula is C19H19ClFN5OS. The van der Waals surface area contributed by atoms with E-state index in [1.54, 1.807) is 6.07 Å². The Balaban J connectivity index is 1.68. The molecule has 1 aliphatic heterocycles. The van der Waals surface area contributed by atoms with E-state index in [0.29, 0.717) is 16.4 Å². The molecule has 1 aliphatic carbocycles. The van der Waals surface area contributed by atoms with Crippen molar-refractivity contribution in [3.05, 3.63) is 52.6 Å². The zero-order valence-electron chi connectivity index (χ0n) is 15.0. The van der Waals surface area contributed by atoms with Crippen molar-refractivity contribution in [2.75, 3.05) is 11.1 Å². The number of nitrogens with two attached hydrogens (primary N) is 1. The van der Waals surface area contributed by atoms with Crippen molar-refractivity contribution < 1.29 is 9.18 Å². The molecule has 2 heterocycles. The average molecular weight is 420 g/mol. The number of carbonyl (C=O) groups is 1. The van der Waals surface area contributed by atoms with Crippen LogP contribution in [0, 0.1) is 11.7 Å². The van der Waals surface area contributed by atoms with Gasteiger partial charge in [-0.2, -0.15) is 0 Å². The van der Waals surface area contributed by atoms with Gasteiger partial charge >= 0.3 is 0 Å². The number of benzene rings is 1. The minimum absolute atomic E-state index is 0.125. The molecule has 3 N–H and O–H groups in total. The molecule has 0 spiro atoms. The lowest BCUT2D eigenvalue weighted by molar-refractivity contribution is 0.102. The number of anilines is 1. The molecule has 1 aromatic heterocycles. The Bertz CT molecular complexity index is 938. The second kappa shape index (κ2) is 7.67. The summed E-state index contributed by atoms with van der Waals surface area (Å²) in [4.78, 5) is 17.2. The molecule has 9 heteroatoms. The topological polar surface area (TPSA) is 93.3 Å². The van der Waals surface area contributed by atoms with Crippen LogP contribution < -0.4 is 11.1 Å². The van der Waals surface area contributed by atoms with Gasteiger partial charge in [0.25, 0.3) is 5.91 Å². The summed E-state index contributed by atoms with van der Waals surface area (Å²) in [6, 6.07) is 7.53. The van der Waals surface area contributed by atoms with E-state index < -0.39 is 11.4 Å². The van der Waals surface area contributed by atoms with Gasteiger partial charge in [-0.15, -0.1) is 10.2 Å². The summed E-state index contributed by atoms with van der Waals surface area (Å²) in [5.41, 5.74) is 6.44. The molecule has 1 amide bonds. The maximum atomic E-state index is 14.9. The molecule has 2 aliphatic rings. The number of rotatable bonds is 3. The third kappa shape index (κ3) is 3.58. The van der Waals surface area contributed by atoms with Crippen LogP contribution >= 0.6 is 23.4 Å². The Morgan fingerprint density at radius 1 is 1.29 bits per heavy atom. The summed E-state index contributed by atoms with van der Waals surface area (Å²) in [5.74, 6) is 0.272. The predicted octanol–water partition coefficient (Wildman–Crippen LogP) is 3.97. The first-order valence-electron chi connectivity index (χ1n) is 9.07. The predicted molar refractivity (Wildman–Crippen MR) is 109 cm³/mol. The van der Waals surface area contributed by atoms with Crippen molar-refractivity contribution in [1.29, 1.82) is 0 Å². The fourth-order valence-electron chi connectivity index (χ4n) is 3.99. The molecule has 0 saturated heterocycles. The molecular weight excluding hydrogens is 401 g/mol. The van der Waals surface area contributed by atoms with Crippen molar-refractivity contribution in [2.24, 2.45) is 16.6 Å².